The van der Waals surface area contributed by atoms with Gasteiger partial charge in [0.2, 0.25) is 11.8 Å². The van der Waals surface area contributed by atoms with Crippen LogP contribution in [0.5, 0.6) is 0 Å². The Morgan fingerprint density at radius 2 is 1.88 bits per heavy atom. The molecule has 0 spiro atoms. The van der Waals surface area contributed by atoms with Gasteiger partial charge in [0.15, 0.2) is 0 Å². The van der Waals surface area contributed by atoms with Crippen molar-refractivity contribution in [1.29, 1.82) is 5.26 Å². The SMILES string of the molecule is CCCC(C)NC(=O)C1CCCN(CC(=O)Nc2c(C#N)c(C)c(C)n2C2CCCCC2)C1. The largest absolute Gasteiger partial charge is 0.353 e. The topological polar surface area (TPSA) is 90.2 Å². The van der Waals surface area contributed by atoms with Crippen LogP contribution in [0.4, 0.5) is 5.82 Å². The zero-order valence-corrected chi connectivity index (χ0v) is 20.9. The second-order valence-electron chi connectivity index (χ2n) is 10.0. The molecule has 2 atom stereocenters. The van der Waals surface area contributed by atoms with Crippen LogP contribution in [-0.2, 0) is 9.59 Å². The summed E-state index contributed by atoms with van der Waals surface area (Å²) in [6, 6.07) is 2.84. The minimum absolute atomic E-state index is 0.0730. The standard InChI is InChI=1S/C26H41N5O2/c1-5-10-18(2)28-26(33)21-11-9-14-30(16-21)17-24(32)29-25-23(15-27)19(3)20(4)31(25)22-12-7-6-8-13-22/h18,21-22H,5-14,16-17H2,1-4H3,(H,28,33)(H,29,32). The molecule has 2 unspecified atom stereocenters. The molecule has 0 radical (unpaired) electrons. The molecule has 1 aliphatic heterocycles. The molecule has 0 bridgehead atoms. The van der Waals surface area contributed by atoms with Gasteiger partial charge in [-0.15, -0.1) is 0 Å². The zero-order valence-electron chi connectivity index (χ0n) is 20.9. The van der Waals surface area contributed by atoms with E-state index in [4.69, 9.17) is 0 Å². The maximum atomic E-state index is 13.1. The fourth-order valence-corrected chi connectivity index (χ4v) is 5.54. The number of amides is 2. The Morgan fingerprint density at radius 3 is 2.55 bits per heavy atom. The van der Waals surface area contributed by atoms with Crippen LogP contribution >= 0.6 is 0 Å². The molecule has 0 aromatic carbocycles. The molecule has 33 heavy (non-hydrogen) atoms. The van der Waals surface area contributed by atoms with Gasteiger partial charge in [-0.25, -0.2) is 0 Å². The Kier molecular flexibility index (Phi) is 8.96. The number of carbonyl (C=O) groups is 2. The van der Waals surface area contributed by atoms with Crippen LogP contribution in [0, 0.1) is 31.1 Å². The van der Waals surface area contributed by atoms with E-state index in [1.807, 2.05) is 20.8 Å². The lowest BCUT2D eigenvalue weighted by Gasteiger charge is -2.32. The third-order valence-electron chi connectivity index (χ3n) is 7.42. The van der Waals surface area contributed by atoms with E-state index in [0.29, 0.717) is 24.0 Å². The summed E-state index contributed by atoms with van der Waals surface area (Å²) in [7, 11) is 0. The summed E-state index contributed by atoms with van der Waals surface area (Å²) in [5.41, 5.74) is 2.60. The average molecular weight is 456 g/mol. The summed E-state index contributed by atoms with van der Waals surface area (Å²) >= 11 is 0. The van der Waals surface area contributed by atoms with Crippen LogP contribution in [0.25, 0.3) is 0 Å². The second kappa shape index (κ2) is 11.7. The summed E-state index contributed by atoms with van der Waals surface area (Å²) in [5, 5.41) is 16.0. The number of anilines is 1. The van der Waals surface area contributed by atoms with E-state index < -0.39 is 0 Å². The minimum Gasteiger partial charge on any atom is -0.353 e. The number of nitrogens with one attached hydrogen (secondary N) is 2. The van der Waals surface area contributed by atoms with Gasteiger partial charge < -0.3 is 15.2 Å². The molecule has 1 aromatic rings. The number of piperidine rings is 1. The van der Waals surface area contributed by atoms with Crippen molar-refractivity contribution in [3.8, 4) is 6.07 Å². The normalized spacial score (nSPS) is 20.8. The minimum atomic E-state index is -0.110. The third-order valence-corrected chi connectivity index (χ3v) is 7.42. The maximum absolute atomic E-state index is 13.1. The molecule has 2 aliphatic rings. The van der Waals surface area contributed by atoms with Crippen molar-refractivity contribution in [2.45, 2.75) is 97.6 Å². The highest BCUT2D eigenvalue weighted by atomic mass is 16.2. The van der Waals surface area contributed by atoms with Crippen LogP contribution in [0.3, 0.4) is 0 Å². The van der Waals surface area contributed by atoms with Gasteiger partial charge >= 0.3 is 0 Å². The first-order chi connectivity index (χ1) is 15.8. The van der Waals surface area contributed by atoms with Crippen LogP contribution in [0.2, 0.25) is 0 Å². The van der Waals surface area contributed by atoms with Crippen molar-refractivity contribution in [3.63, 3.8) is 0 Å². The smallest absolute Gasteiger partial charge is 0.239 e. The molecule has 3 rings (SSSR count). The molecule has 7 nitrogen and oxygen atoms in total. The molecular formula is C26H41N5O2. The van der Waals surface area contributed by atoms with Gasteiger partial charge in [0.25, 0.3) is 0 Å². The highest BCUT2D eigenvalue weighted by molar-refractivity contribution is 5.93. The van der Waals surface area contributed by atoms with Gasteiger partial charge in [0, 0.05) is 24.3 Å². The van der Waals surface area contributed by atoms with Crippen molar-refractivity contribution in [2.75, 3.05) is 25.0 Å². The van der Waals surface area contributed by atoms with Crippen LogP contribution in [0.1, 0.15) is 94.5 Å². The quantitative estimate of drug-likeness (QED) is 0.606. The Hall–Kier alpha value is -2.33. The van der Waals surface area contributed by atoms with E-state index in [9.17, 15) is 14.9 Å². The number of hydrogen-bond acceptors (Lipinski definition) is 4. The van der Waals surface area contributed by atoms with Crippen molar-refractivity contribution >= 4 is 17.6 Å². The van der Waals surface area contributed by atoms with E-state index in [1.165, 1.54) is 19.3 Å². The third kappa shape index (κ3) is 6.17. The summed E-state index contributed by atoms with van der Waals surface area (Å²) in [4.78, 5) is 27.8. The molecule has 1 aromatic heterocycles. The molecule has 2 amide bonds. The molecular weight excluding hydrogens is 414 g/mol. The summed E-state index contributed by atoms with van der Waals surface area (Å²) < 4.78 is 2.20. The van der Waals surface area contributed by atoms with E-state index >= 15 is 0 Å². The fraction of sp³-hybridized carbons (Fsp3) is 0.731. The maximum Gasteiger partial charge on any atom is 0.239 e. The van der Waals surface area contributed by atoms with Gasteiger partial charge in [0.05, 0.1) is 18.0 Å². The van der Waals surface area contributed by atoms with E-state index in [0.717, 1.165) is 56.3 Å². The lowest BCUT2D eigenvalue weighted by Crippen LogP contribution is -2.47. The first kappa shape index (κ1) is 25.3. The molecule has 7 heteroatoms. The predicted molar refractivity (Wildman–Crippen MR) is 131 cm³/mol. The molecule has 1 saturated heterocycles. The number of carbonyl (C=O) groups excluding carboxylic acids is 2. The number of aromatic nitrogens is 1. The van der Waals surface area contributed by atoms with Gasteiger partial charge in [0.1, 0.15) is 11.9 Å². The van der Waals surface area contributed by atoms with E-state index in [2.05, 4.69) is 33.1 Å². The van der Waals surface area contributed by atoms with Crippen molar-refractivity contribution in [1.82, 2.24) is 14.8 Å². The van der Waals surface area contributed by atoms with Crippen LogP contribution in [-0.4, -0.2) is 47.0 Å². The van der Waals surface area contributed by atoms with E-state index in [1.54, 1.807) is 0 Å². The first-order valence-electron chi connectivity index (χ1n) is 12.8. The monoisotopic (exact) mass is 455 g/mol. The van der Waals surface area contributed by atoms with E-state index in [-0.39, 0.29) is 30.3 Å². The number of rotatable bonds is 8. The van der Waals surface area contributed by atoms with Crippen LogP contribution < -0.4 is 10.6 Å². The Morgan fingerprint density at radius 1 is 1.15 bits per heavy atom. The number of nitriles is 1. The highest BCUT2D eigenvalue weighted by Gasteiger charge is 2.29. The molecule has 1 aliphatic carbocycles. The van der Waals surface area contributed by atoms with Crippen molar-refractivity contribution in [2.24, 2.45) is 5.92 Å². The van der Waals surface area contributed by atoms with Crippen molar-refractivity contribution < 1.29 is 9.59 Å². The molecule has 2 heterocycles. The van der Waals surface area contributed by atoms with Gasteiger partial charge in [-0.05, 0) is 65.0 Å². The molecule has 2 fully saturated rings. The molecule has 2 N–H and O–H groups in total. The average Bonchev–Trinajstić information content (AvgIpc) is 3.03. The van der Waals surface area contributed by atoms with Crippen molar-refractivity contribution in [3.05, 3.63) is 16.8 Å². The number of nitrogens with zero attached hydrogens (tertiary/aromatic N) is 3. The lowest BCUT2D eigenvalue weighted by atomic mass is 9.95. The summed E-state index contributed by atoms with van der Waals surface area (Å²) in [6.07, 6.45) is 9.59. The van der Waals surface area contributed by atoms with Gasteiger partial charge in [-0.2, -0.15) is 5.26 Å². The number of likely N-dealkylation sites (tertiary alicyclic amines) is 1. The Bertz CT molecular complexity index is 878. The van der Waals surface area contributed by atoms with Gasteiger partial charge in [-0.1, -0.05) is 32.6 Å². The Balaban J connectivity index is 1.66. The molecule has 1 saturated carbocycles. The first-order valence-corrected chi connectivity index (χ1v) is 12.8. The molecule has 182 valence electrons. The summed E-state index contributed by atoms with van der Waals surface area (Å²) in [5.74, 6) is 0.576. The summed E-state index contributed by atoms with van der Waals surface area (Å²) in [6.45, 7) is 9.85. The predicted octanol–water partition coefficient (Wildman–Crippen LogP) is 4.44. The lowest BCUT2D eigenvalue weighted by molar-refractivity contribution is -0.128. The fourth-order valence-electron chi connectivity index (χ4n) is 5.54. The highest BCUT2D eigenvalue weighted by Crippen LogP contribution is 2.36. The second-order valence-corrected chi connectivity index (χ2v) is 10.0. The Labute approximate surface area is 198 Å². The van der Waals surface area contributed by atoms with Gasteiger partial charge in [-0.3, -0.25) is 14.5 Å². The van der Waals surface area contributed by atoms with Crippen LogP contribution in [0.15, 0.2) is 0 Å². The number of hydrogen-bond donors (Lipinski definition) is 2. The zero-order chi connectivity index (χ0) is 24.0.